The normalized spacial score (nSPS) is 19.7. The van der Waals surface area contributed by atoms with E-state index in [1.165, 1.54) is 0 Å². The lowest BCUT2D eigenvalue weighted by atomic mass is 10.0. The highest BCUT2D eigenvalue weighted by atomic mass is 19.4. The van der Waals surface area contributed by atoms with E-state index in [1.54, 1.807) is 13.8 Å². The number of carbonyl (C=O) groups is 2. The van der Waals surface area contributed by atoms with Gasteiger partial charge in [0.1, 0.15) is 6.04 Å². The third kappa shape index (κ3) is 2.48. The zero-order chi connectivity index (χ0) is 15.1. The van der Waals surface area contributed by atoms with Crippen molar-refractivity contribution < 1.29 is 22.8 Å². The van der Waals surface area contributed by atoms with Crippen molar-refractivity contribution in [2.75, 3.05) is 4.90 Å². The summed E-state index contributed by atoms with van der Waals surface area (Å²) in [5, 5.41) is 2.51. The van der Waals surface area contributed by atoms with Crippen LogP contribution in [0.15, 0.2) is 24.3 Å². The van der Waals surface area contributed by atoms with Crippen LogP contribution in [0.25, 0.3) is 0 Å². The molecule has 1 atom stereocenters. The first-order valence-corrected chi connectivity index (χ1v) is 6.03. The first-order chi connectivity index (χ1) is 9.21. The molecule has 2 rings (SSSR count). The zero-order valence-electron chi connectivity index (χ0n) is 10.9. The number of amides is 3. The minimum atomic E-state index is -4.45. The third-order valence-corrected chi connectivity index (χ3v) is 3.09. The molecule has 0 spiro atoms. The average Bonchev–Trinajstić information content (AvgIpc) is 2.64. The van der Waals surface area contributed by atoms with Crippen molar-refractivity contribution in [1.29, 1.82) is 0 Å². The van der Waals surface area contributed by atoms with E-state index in [9.17, 15) is 22.8 Å². The molecule has 108 valence electrons. The number of halogens is 3. The number of rotatable bonds is 2. The van der Waals surface area contributed by atoms with Gasteiger partial charge in [0.2, 0.25) is 0 Å². The Balaban J connectivity index is 2.28. The predicted octanol–water partition coefficient (Wildman–Crippen LogP) is 2.79. The second kappa shape index (κ2) is 4.81. The molecule has 1 heterocycles. The van der Waals surface area contributed by atoms with Crippen LogP contribution >= 0.6 is 0 Å². The third-order valence-electron chi connectivity index (χ3n) is 3.09. The molecule has 1 fully saturated rings. The molecular weight excluding hydrogens is 273 g/mol. The van der Waals surface area contributed by atoms with Crippen molar-refractivity contribution in [3.05, 3.63) is 29.8 Å². The smallest absolute Gasteiger partial charge is 0.325 e. The van der Waals surface area contributed by atoms with Crippen LogP contribution in [0, 0.1) is 5.92 Å². The van der Waals surface area contributed by atoms with E-state index in [1.807, 2.05) is 0 Å². The second-order valence-electron chi connectivity index (χ2n) is 4.89. The van der Waals surface area contributed by atoms with Gasteiger partial charge >= 0.3 is 12.2 Å². The molecule has 0 saturated carbocycles. The van der Waals surface area contributed by atoms with Crippen molar-refractivity contribution >= 4 is 17.6 Å². The number of hydrogen-bond donors (Lipinski definition) is 1. The minimum absolute atomic E-state index is 0.0918. The van der Waals surface area contributed by atoms with Gasteiger partial charge in [0.05, 0.1) is 11.3 Å². The zero-order valence-corrected chi connectivity index (χ0v) is 10.9. The molecule has 1 aromatic rings. The van der Waals surface area contributed by atoms with E-state index in [4.69, 9.17) is 0 Å². The number of nitrogens with one attached hydrogen (secondary N) is 1. The number of urea groups is 1. The maximum absolute atomic E-state index is 12.5. The molecule has 0 radical (unpaired) electrons. The van der Waals surface area contributed by atoms with Gasteiger partial charge in [-0.15, -0.1) is 0 Å². The Morgan fingerprint density at radius 3 is 2.10 bits per heavy atom. The minimum Gasteiger partial charge on any atom is -0.325 e. The fourth-order valence-electron chi connectivity index (χ4n) is 1.99. The average molecular weight is 286 g/mol. The summed E-state index contributed by atoms with van der Waals surface area (Å²) in [6.07, 6.45) is -4.45. The molecule has 0 bridgehead atoms. The van der Waals surface area contributed by atoms with E-state index < -0.39 is 29.7 Å². The SMILES string of the molecule is CC(C)C1NC(=O)N(c2ccc(C(F)(F)F)cc2)C1=O. The lowest BCUT2D eigenvalue weighted by molar-refractivity contribution is -0.137. The number of carbonyl (C=O) groups excluding carboxylic acids is 2. The van der Waals surface area contributed by atoms with Gasteiger partial charge in [0, 0.05) is 0 Å². The van der Waals surface area contributed by atoms with Gasteiger partial charge in [0.15, 0.2) is 0 Å². The maximum Gasteiger partial charge on any atom is 0.416 e. The van der Waals surface area contributed by atoms with Crippen LogP contribution in [0.2, 0.25) is 0 Å². The van der Waals surface area contributed by atoms with Gasteiger partial charge < -0.3 is 5.32 Å². The molecule has 1 aliphatic rings. The molecule has 1 unspecified atom stereocenters. The van der Waals surface area contributed by atoms with Crippen molar-refractivity contribution in [1.82, 2.24) is 5.32 Å². The molecule has 0 aliphatic carbocycles. The van der Waals surface area contributed by atoms with E-state index >= 15 is 0 Å². The summed E-state index contributed by atoms with van der Waals surface area (Å²) in [6, 6.07) is 2.65. The van der Waals surface area contributed by atoms with E-state index in [2.05, 4.69) is 5.32 Å². The molecule has 3 amide bonds. The molecule has 7 heteroatoms. The molecule has 1 saturated heterocycles. The summed E-state index contributed by atoms with van der Waals surface area (Å²) >= 11 is 0. The topological polar surface area (TPSA) is 49.4 Å². The van der Waals surface area contributed by atoms with Crippen LogP contribution in [0.5, 0.6) is 0 Å². The molecule has 1 aliphatic heterocycles. The van der Waals surface area contributed by atoms with Crippen LogP contribution in [-0.2, 0) is 11.0 Å². The summed E-state index contributed by atoms with van der Waals surface area (Å²) in [4.78, 5) is 24.7. The quantitative estimate of drug-likeness (QED) is 0.850. The first kappa shape index (κ1) is 14.4. The Kier molecular flexibility index (Phi) is 3.45. The van der Waals surface area contributed by atoms with E-state index in [0.717, 1.165) is 29.2 Å². The number of imide groups is 1. The highest BCUT2D eigenvalue weighted by Crippen LogP contribution is 2.31. The Morgan fingerprint density at radius 1 is 1.15 bits per heavy atom. The Labute approximate surface area is 113 Å². The monoisotopic (exact) mass is 286 g/mol. The molecular formula is C13H13F3N2O2. The number of alkyl halides is 3. The molecule has 20 heavy (non-hydrogen) atoms. The largest absolute Gasteiger partial charge is 0.416 e. The first-order valence-electron chi connectivity index (χ1n) is 6.03. The van der Waals surface area contributed by atoms with Gasteiger partial charge in [0.25, 0.3) is 5.91 Å². The highest BCUT2D eigenvalue weighted by Gasteiger charge is 2.40. The Bertz CT molecular complexity index is 538. The van der Waals surface area contributed by atoms with Gasteiger partial charge in [-0.2, -0.15) is 13.2 Å². The van der Waals surface area contributed by atoms with Crippen LogP contribution in [0.1, 0.15) is 19.4 Å². The summed E-state index contributed by atoms with van der Waals surface area (Å²) < 4.78 is 37.4. The van der Waals surface area contributed by atoms with Crippen LogP contribution in [-0.4, -0.2) is 18.0 Å². The number of benzene rings is 1. The lowest BCUT2D eigenvalue weighted by Crippen LogP contribution is -2.34. The summed E-state index contributed by atoms with van der Waals surface area (Å²) in [7, 11) is 0. The van der Waals surface area contributed by atoms with Crippen molar-refractivity contribution in [2.45, 2.75) is 26.1 Å². The van der Waals surface area contributed by atoms with Gasteiger partial charge in [-0.25, -0.2) is 9.69 Å². The highest BCUT2D eigenvalue weighted by molar-refractivity contribution is 6.21. The van der Waals surface area contributed by atoms with Crippen molar-refractivity contribution in [3.63, 3.8) is 0 Å². The lowest BCUT2D eigenvalue weighted by Gasteiger charge is -2.15. The fraction of sp³-hybridized carbons (Fsp3) is 0.385. The second-order valence-corrected chi connectivity index (χ2v) is 4.89. The molecule has 1 aromatic carbocycles. The van der Waals surface area contributed by atoms with Gasteiger partial charge in [-0.1, -0.05) is 13.8 Å². The van der Waals surface area contributed by atoms with Crippen LogP contribution in [0.3, 0.4) is 0 Å². The van der Waals surface area contributed by atoms with E-state index in [-0.39, 0.29) is 11.6 Å². The summed E-state index contributed by atoms with van der Waals surface area (Å²) in [5.41, 5.74) is -0.697. The molecule has 0 aromatic heterocycles. The summed E-state index contributed by atoms with van der Waals surface area (Å²) in [6.45, 7) is 3.55. The van der Waals surface area contributed by atoms with Gasteiger partial charge in [-0.05, 0) is 30.2 Å². The molecule has 1 N–H and O–H groups in total. The van der Waals surface area contributed by atoms with Crippen molar-refractivity contribution in [2.24, 2.45) is 5.92 Å². The Morgan fingerprint density at radius 2 is 1.70 bits per heavy atom. The Hall–Kier alpha value is -2.05. The van der Waals surface area contributed by atoms with Crippen molar-refractivity contribution in [3.8, 4) is 0 Å². The standard InChI is InChI=1S/C13H13F3N2O2/c1-7(2)10-11(19)18(12(20)17-10)9-5-3-8(4-6-9)13(14,15)16/h3-7,10H,1-2H3,(H,17,20). The van der Waals surface area contributed by atoms with Crippen LogP contribution < -0.4 is 10.2 Å². The molecule has 4 nitrogen and oxygen atoms in total. The van der Waals surface area contributed by atoms with E-state index in [0.29, 0.717) is 0 Å². The summed E-state index contributed by atoms with van der Waals surface area (Å²) in [5.74, 6) is -0.546. The number of nitrogens with zero attached hydrogens (tertiary/aromatic N) is 1. The van der Waals surface area contributed by atoms with Crippen LogP contribution in [0.4, 0.5) is 23.7 Å². The maximum atomic E-state index is 12.5. The van der Waals surface area contributed by atoms with Gasteiger partial charge in [-0.3, -0.25) is 4.79 Å². The predicted molar refractivity (Wildman–Crippen MR) is 66.1 cm³/mol. The number of hydrogen-bond acceptors (Lipinski definition) is 2. The fourth-order valence-corrected chi connectivity index (χ4v) is 1.99. The number of anilines is 1.